The fraction of sp³-hybridized carbons (Fsp3) is 0.464. The Labute approximate surface area is 204 Å². The number of aryl methyl sites for hydroxylation is 1. The van der Waals surface area contributed by atoms with Gasteiger partial charge in [0.2, 0.25) is 0 Å². The second-order valence-electron chi connectivity index (χ2n) is 10.1. The second kappa shape index (κ2) is 9.77. The quantitative estimate of drug-likeness (QED) is 0.366. The zero-order valence-electron chi connectivity index (χ0n) is 19.6. The van der Waals surface area contributed by atoms with E-state index in [1.54, 1.807) is 0 Å². The van der Waals surface area contributed by atoms with E-state index in [-0.39, 0.29) is 23.5 Å². The van der Waals surface area contributed by atoms with E-state index in [1.165, 1.54) is 28.3 Å². The monoisotopic (exact) mass is 490 g/mol. The van der Waals surface area contributed by atoms with Crippen molar-refractivity contribution in [2.75, 3.05) is 20.0 Å². The summed E-state index contributed by atoms with van der Waals surface area (Å²) in [5, 5.41) is -0.208. The molecule has 0 aromatic heterocycles. The molecule has 4 rings (SSSR count). The Hall–Kier alpha value is -2.27. The smallest absolute Gasteiger partial charge is 0.310 e. The van der Waals surface area contributed by atoms with Gasteiger partial charge in [0.05, 0.1) is 11.3 Å². The molecule has 2 nitrogen and oxygen atoms in total. The zero-order chi connectivity index (χ0) is 24.5. The fourth-order valence-corrected chi connectivity index (χ4v) is 5.37. The SMILES string of the molecule is CC1(C)C(/C=C(\Cl)C(CF)(CF)CF)C1C(=O)OCc1cccc2c1CCCc1ccccc1-2. The van der Waals surface area contributed by atoms with Crippen molar-refractivity contribution >= 4 is 17.6 Å². The van der Waals surface area contributed by atoms with Crippen LogP contribution in [0.1, 0.15) is 37.0 Å². The molecular formula is C28H30ClF3O2. The van der Waals surface area contributed by atoms with E-state index >= 15 is 0 Å². The molecular weight excluding hydrogens is 461 g/mol. The molecule has 6 heteroatoms. The Bertz CT molecular complexity index is 1080. The van der Waals surface area contributed by atoms with Crippen LogP contribution in [0.3, 0.4) is 0 Å². The summed E-state index contributed by atoms with van der Waals surface area (Å²) in [7, 11) is 0. The molecule has 2 atom stereocenters. The highest BCUT2D eigenvalue weighted by molar-refractivity contribution is 6.30. The maximum absolute atomic E-state index is 13.4. The first-order chi connectivity index (χ1) is 16.3. The number of hydrogen-bond donors (Lipinski definition) is 0. The summed E-state index contributed by atoms with van der Waals surface area (Å²) in [6, 6.07) is 14.5. The minimum Gasteiger partial charge on any atom is -0.461 e. The molecule has 0 N–H and O–H groups in total. The number of hydrogen-bond acceptors (Lipinski definition) is 2. The van der Waals surface area contributed by atoms with Crippen molar-refractivity contribution in [3.63, 3.8) is 0 Å². The third-order valence-electron chi connectivity index (χ3n) is 7.59. The summed E-state index contributed by atoms with van der Waals surface area (Å²) in [6.07, 6.45) is 4.38. The van der Waals surface area contributed by atoms with E-state index in [4.69, 9.17) is 16.3 Å². The summed E-state index contributed by atoms with van der Waals surface area (Å²) in [6.45, 7) is 0.194. The molecule has 34 heavy (non-hydrogen) atoms. The lowest BCUT2D eigenvalue weighted by Gasteiger charge is -2.23. The van der Waals surface area contributed by atoms with Crippen molar-refractivity contribution in [2.45, 2.75) is 39.7 Å². The Morgan fingerprint density at radius 3 is 2.44 bits per heavy atom. The van der Waals surface area contributed by atoms with Crippen LogP contribution in [0.2, 0.25) is 0 Å². The fourth-order valence-electron chi connectivity index (χ4n) is 5.08. The largest absolute Gasteiger partial charge is 0.461 e. The molecule has 1 saturated carbocycles. The van der Waals surface area contributed by atoms with Crippen LogP contribution < -0.4 is 0 Å². The summed E-state index contributed by atoms with van der Waals surface area (Å²) >= 11 is 6.13. The minimum absolute atomic E-state index is 0.157. The number of ether oxygens (including phenoxy) is 1. The normalized spacial score (nSPS) is 21.3. The Morgan fingerprint density at radius 1 is 1.06 bits per heavy atom. The summed E-state index contributed by atoms with van der Waals surface area (Å²) in [5.74, 6) is -1.24. The molecule has 2 aliphatic rings. The Morgan fingerprint density at radius 2 is 1.74 bits per heavy atom. The molecule has 0 heterocycles. The van der Waals surface area contributed by atoms with Gasteiger partial charge in [0.25, 0.3) is 0 Å². The number of esters is 1. The highest BCUT2D eigenvalue weighted by Gasteiger charge is 2.62. The maximum atomic E-state index is 13.4. The van der Waals surface area contributed by atoms with Gasteiger partial charge in [-0.15, -0.1) is 0 Å². The number of carbonyl (C=O) groups is 1. The van der Waals surface area contributed by atoms with E-state index in [0.29, 0.717) is 0 Å². The van der Waals surface area contributed by atoms with Crippen LogP contribution >= 0.6 is 11.6 Å². The number of benzene rings is 2. The summed E-state index contributed by atoms with van der Waals surface area (Å²) in [4.78, 5) is 13.0. The third kappa shape index (κ3) is 4.39. The first-order valence-corrected chi connectivity index (χ1v) is 12.1. The van der Waals surface area contributed by atoms with Crippen molar-refractivity contribution in [3.8, 4) is 11.1 Å². The standard InChI is InChI=1S/C28H30ClF3O2/c1-27(2)23(13-24(29)28(15-30,16-31)17-32)25(27)26(33)34-14-19-9-6-12-22-20-10-4-3-7-18(20)8-5-11-21(19)22/h3-4,6-7,9-10,12-13,23,25H,5,8,11,14-17H2,1-2H3/b24-13-. The van der Waals surface area contributed by atoms with Crippen LogP contribution in [0.4, 0.5) is 13.2 Å². The first kappa shape index (κ1) is 24.8. The Balaban J connectivity index is 1.50. The number of fused-ring (bicyclic) bond motifs is 3. The summed E-state index contributed by atoms with van der Waals surface area (Å²) < 4.78 is 45.8. The van der Waals surface area contributed by atoms with E-state index in [1.807, 2.05) is 32.0 Å². The van der Waals surface area contributed by atoms with Crippen LogP contribution in [-0.4, -0.2) is 26.0 Å². The minimum atomic E-state index is -1.98. The highest BCUT2D eigenvalue weighted by Crippen LogP contribution is 2.60. The van der Waals surface area contributed by atoms with Gasteiger partial charge in [0.1, 0.15) is 26.6 Å². The van der Waals surface area contributed by atoms with E-state index in [9.17, 15) is 18.0 Å². The van der Waals surface area contributed by atoms with Gasteiger partial charge in [-0.25, -0.2) is 13.2 Å². The van der Waals surface area contributed by atoms with Gasteiger partial charge in [-0.2, -0.15) is 0 Å². The van der Waals surface area contributed by atoms with E-state index < -0.39 is 36.8 Å². The molecule has 2 aromatic rings. The van der Waals surface area contributed by atoms with Crippen LogP contribution in [0.25, 0.3) is 11.1 Å². The molecule has 2 aromatic carbocycles. The van der Waals surface area contributed by atoms with Gasteiger partial charge in [0, 0.05) is 5.03 Å². The third-order valence-corrected chi connectivity index (χ3v) is 8.11. The molecule has 2 unspecified atom stereocenters. The van der Waals surface area contributed by atoms with Crippen LogP contribution in [0.5, 0.6) is 0 Å². The van der Waals surface area contributed by atoms with Crippen LogP contribution in [0, 0.1) is 22.7 Å². The first-order valence-electron chi connectivity index (χ1n) is 11.7. The van der Waals surface area contributed by atoms with Crippen LogP contribution in [0.15, 0.2) is 53.6 Å². The maximum Gasteiger partial charge on any atom is 0.310 e. The molecule has 2 aliphatic carbocycles. The molecule has 1 fully saturated rings. The molecule has 0 radical (unpaired) electrons. The predicted octanol–water partition coefficient (Wildman–Crippen LogP) is 7.18. The molecule has 0 saturated heterocycles. The van der Waals surface area contributed by atoms with Gasteiger partial charge >= 0.3 is 5.97 Å². The van der Waals surface area contributed by atoms with Gasteiger partial charge < -0.3 is 4.74 Å². The van der Waals surface area contributed by atoms with E-state index in [2.05, 4.69) is 24.3 Å². The second-order valence-corrected chi connectivity index (χ2v) is 10.5. The lowest BCUT2D eigenvalue weighted by Crippen LogP contribution is -2.29. The molecule has 0 bridgehead atoms. The van der Waals surface area contributed by atoms with Crippen molar-refractivity contribution in [3.05, 3.63) is 70.3 Å². The zero-order valence-corrected chi connectivity index (χ0v) is 20.3. The average Bonchev–Trinajstić information content (AvgIpc) is 3.45. The Kier molecular flexibility index (Phi) is 7.14. The highest BCUT2D eigenvalue weighted by atomic mass is 35.5. The van der Waals surface area contributed by atoms with Crippen molar-refractivity contribution in [2.24, 2.45) is 22.7 Å². The van der Waals surface area contributed by atoms with E-state index in [0.717, 1.165) is 24.8 Å². The van der Waals surface area contributed by atoms with Gasteiger partial charge in [-0.1, -0.05) is 74.0 Å². The molecule has 0 aliphatic heterocycles. The lowest BCUT2D eigenvalue weighted by molar-refractivity contribution is -0.147. The molecule has 0 amide bonds. The average molecular weight is 491 g/mol. The van der Waals surface area contributed by atoms with Crippen LogP contribution in [-0.2, 0) is 29.0 Å². The molecule has 182 valence electrons. The van der Waals surface area contributed by atoms with Gasteiger partial charge in [0.15, 0.2) is 0 Å². The molecule has 0 spiro atoms. The lowest BCUT2D eigenvalue weighted by atomic mass is 9.91. The number of carbonyl (C=O) groups excluding carboxylic acids is 1. The predicted molar refractivity (Wildman–Crippen MR) is 129 cm³/mol. The van der Waals surface area contributed by atoms with Crippen molar-refractivity contribution < 1.29 is 22.7 Å². The van der Waals surface area contributed by atoms with Gasteiger partial charge in [-0.3, -0.25) is 4.79 Å². The van der Waals surface area contributed by atoms with Gasteiger partial charge in [-0.05, 0) is 58.4 Å². The van der Waals surface area contributed by atoms with Crippen molar-refractivity contribution in [1.82, 2.24) is 0 Å². The number of halogens is 4. The topological polar surface area (TPSA) is 26.3 Å². The number of rotatable bonds is 8. The number of alkyl halides is 3. The van der Waals surface area contributed by atoms with Crippen molar-refractivity contribution in [1.29, 1.82) is 0 Å². The summed E-state index contributed by atoms with van der Waals surface area (Å²) in [5.41, 5.74) is 3.45. The number of allylic oxidation sites excluding steroid dienone is 2.